The molecule has 5 heteroatoms. The van der Waals surface area contributed by atoms with Crippen molar-refractivity contribution < 1.29 is 14.3 Å². The molecular formula is C30H34N2O3. The van der Waals surface area contributed by atoms with Crippen LogP contribution in [0, 0.1) is 6.92 Å². The highest BCUT2D eigenvalue weighted by Gasteiger charge is 2.47. The molecule has 3 aromatic rings. The van der Waals surface area contributed by atoms with Crippen molar-refractivity contribution in [3.63, 3.8) is 0 Å². The van der Waals surface area contributed by atoms with E-state index >= 15 is 0 Å². The number of ether oxygens (including phenoxy) is 2. The largest absolute Gasteiger partial charge is 0.491 e. The number of aryl methyl sites for hydroxylation is 1. The molecule has 2 heterocycles. The molecular weight excluding hydrogens is 436 g/mol. The topological polar surface area (TPSA) is 45.3 Å². The molecule has 0 bridgehead atoms. The average molecular weight is 471 g/mol. The number of fused-ring (bicyclic) bond motifs is 1. The molecule has 3 aromatic carbocycles. The van der Waals surface area contributed by atoms with Gasteiger partial charge < -0.3 is 19.3 Å². The Balaban J connectivity index is 1.34. The summed E-state index contributed by atoms with van der Waals surface area (Å²) in [4.78, 5) is 18.0. The molecule has 0 N–H and O–H groups in total. The molecule has 0 aliphatic carbocycles. The predicted octanol–water partition coefficient (Wildman–Crippen LogP) is 6.23. The third-order valence-electron chi connectivity index (χ3n) is 6.86. The van der Waals surface area contributed by atoms with E-state index in [9.17, 15) is 4.79 Å². The number of anilines is 2. The first-order chi connectivity index (χ1) is 17.0. The number of hydrogen-bond donors (Lipinski definition) is 0. The van der Waals surface area contributed by atoms with Gasteiger partial charge in [0.1, 0.15) is 11.9 Å². The lowest BCUT2D eigenvalue weighted by atomic mass is 9.88. The molecule has 5 rings (SSSR count). The molecule has 2 aliphatic heterocycles. The maximum atomic E-state index is 13.7. The molecule has 3 atom stereocenters. The summed E-state index contributed by atoms with van der Waals surface area (Å²) in [5.41, 5.74) is 5.49. The van der Waals surface area contributed by atoms with Gasteiger partial charge in [0.25, 0.3) is 0 Å². The highest BCUT2D eigenvalue weighted by molar-refractivity contribution is 5.99. The van der Waals surface area contributed by atoms with E-state index in [0.717, 1.165) is 41.2 Å². The summed E-state index contributed by atoms with van der Waals surface area (Å²) in [7, 11) is 0. The van der Waals surface area contributed by atoms with Gasteiger partial charge in [-0.25, -0.2) is 0 Å². The van der Waals surface area contributed by atoms with Crippen LogP contribution in [-0.2, 0) is 9.53 Å². The van der Waals surface area contributed by atoms with Crippen molar-refractivity contribution >= 4 is 17.3 Å². The van der Waals surface area contributed by atoms with Crippen LogP contribution in [0.5, 0.6) is 5.75 Å². The van der Waals surface area contributed by atoms with E-state index in [4.69, 9.17) is 9.47 Å². The number of carbonyl (C=O) groups excluding carboxylic acids is 1. The summed E-state index contributed by atoms with van der Waals surface area (Å²) in [6, 6.07) is 24.7. The Labute approximate surface area is 208 Å². The Hall–Kier alpha value is -3.31. The third-order valence-corrected chi connectivity index (χ3v) is 6.86. The first-order valence-electron chi connectivity index (χ1n) is 12.6. The van der Waals surface area contributed by atoms with Crippen LogP contribution in [-0.4, -0.2) is 31.3 Å². The molecule has 0 spiro atoms. The number of hydrogen-bond acceptors (Lipinski definition) is 4. The van der Waals surface area contributed by atoms with Gasteiger partial charge >= 0.3 is 0 Å². The summed E-state index contributed by atoms with van der Waals surface area (Å²) in [5.74, 6) is 0.880. The Morgan fingerprint density at radius 3 is 2.46 bits per heavy atom. The monoisotopic (exact) mass is 470 g/mol. The minimum atomic E-state index is -0.159. The number of epoxide rings is 1. The van der Waals surface area contributed by atoms with E-state index in [-0.39, 0.29) is 30.3 Å². The van der Waals surface area contributed by atoms with Gasteiger partial charge in [-0.2, -0.15) is 0 Å². The quantitative estimate of drug-likeness (QED) is 0.384. The van der Waals surface area contributed by atoms with E-state index in [0.29, 0.717) is 6.54 Å². The van der Waals surface area contributed by atoms with Gasteiger partial charge in [0.05, 0.1) is 12.0 Å². The zero-order valence-corrected chi connectivity index (χ0v) is 21.0. The number of nitrogens with zero attached hydrogens (tertiary/aromatic N) is 2. The Morgan fingerprint density at radius 2 is 1.77 bits per heavy atom. The third kappa shape index (κ3) is 4.78. The lowest BCUT2D eigenvalue weighted by Crippen LogP contribution is -2.41. The van der Waals surface area contributed by atoms with E-state index in [1.54, 1.807) is 0 Å². The highest BCUT2D eigenvalue weighted by Crippen LogP contribution is 2.47. The fraction of sp³-hybridized carbons (Fsp3) is 0.367. The molecule has 1 fully saturated rings. The second-order valence-corrected chi connectivity index (χ2v) is 9.69. The Bertz CT molecular complexity index is 1170. The van der Waals surface area contributed by atoms with Gasteiger partial charge in [-0.3, -0.25) is 4.79 Å². The molecule has 2 aliphatic rings. The Kier molecular flexibility index (Phi) is 6.52. The van der Waals surface area contributed by atoms with Crippen LogP contribution in [0.15, 0.2) is 72.8 Å². The van der Waals surface area contributed by atoms with Crippen molar-refractivity contribution in [2.24, 2.45) is 0 Å². The highest BCUT2D eigenvalue weighted by atomic mass is 16.6. The van der Waals surface area contributed by atoms with Crippen LogP contribution < -0.4 is 14.5 Å². The second kappa shape index (κ2) is 9.74. The average Bonchev–Trinajstić information content (AvgIpc) is 3.66. The fourth-order valence-electron chi connectivity index (χ4n) is 5.08. The van der Waals surface area contributed by atoms with Crippen LogP contribution in [0.25, 0.3) is 0 Å². The molecule has 0 aromatic heterocycles. The van der Waals surface area contributed by atoms with Crippen LogP contribution in [0.1, 0.15) is 55.9 Å². The smallest absolute Gasteiger partial charge is 0.234 e. The van der Waals surface area contributed by atoms with Crippen molar-refractivity contribution in [1.82, 2.24) is 0 Å². The number of benzene rings is 3. The Morgan fingerprint density at radius 1 is 1.06 bits per heavy atom. The van der Waals surface area contributed by atoms with Crippen molar-refractivity contribution in [3.05, 3.63) is 89.5 Å². The van der Waals surface area contributed by atoms with E-state index in [1.165, 1.54) is 5.56 Å². The minimum Gasteiger partial charge on any atom is -0.491 e. The maximum Gasteiger partial charge on any atom is 0.234 e. The van der Waals surface area contributed by atoms with Crippen LogP contribution in [0.2, 0.25) is 0 Å². The van der Waals surface area contributed by atoms with Gasteiger partial charge in [-0.1, -0.05) is 48.0 Å². The summed E-state index contributed by atoms with van der Waals surface area (Å²) in [6.45, 7) is 9.59. The molecule has 1 amide bonds. The number of rotatable bonds is 7. The van der Waals surface area contributed by atoms with Gasteiger partial charge in [-0.15, -0.1) is 0 Å². The van der Waals surface area contributed by atoms with Crippen molar-refractivity contribution in [2.75, 3.05) is 22.9 Å². The van der Waals surface area contributed by atoms with Crippen LogP contribution in [0.3, 0.4) is 0 Å². The van der Waals surface area contributed by atoms with Gasteiger partial charge in [-0.05, 0) is 75.6 Å². The van der Waals surface area contributed by atoms with Crippen molar-refractivity contribution in [3.8, 4) is 5.75 Å². The number of para-hydroxylation sites is 1. The molecule has 0 saturated carbocycles. The summed E-state index contributed by atoms with van der Waals surface area (Å²) in [5, 5.41) is 0. The zero-order valence-electron chi connectivity index (χ0n) is 21.0. The molecule has 182 valence electrons. The van der Waals surface area contributed by atoms with Crippen molar-refractivity contribution in [2.45, 2.75) is 58.5 Å². The molecule has 0 radical (unpaired) electrons. The molecule has 5 nitrogen and oxygen atoms in total. The summed E-state index contributed by atoms with van der Waals surface area (Å²) < 4.78 is 11.9. The summed E-state index contributed by atoms with van der Waals surface area (Å²) in [6.07, 6.45) is 0.943. The predicted molar refractivity (Wildman–Crippen MR) is 140 cm³/mol. The normalized spacial score (nSPS) is 20.9. The van der Waals surface area contributed by atoms with Gasteiger partial charge in [0.15, 0.2) is 6.23 Å². The lowest BCUT2D eigenvalue weighted by molar-refractivity contribution is -0.120. The van der Waals surface area contributed by atoms with Crippen LogP contribution in [0.4, 0.5) is 11.4 Å². The maximum absolute atomic E-state index is 13.7. The van der Waals surface area contributed by atoms with Crippen LogP contribution >= 0.6 is 0 Å². The van der Waals surface area contributed by atoms with E-state index < -0.39 is 0 Å². The van der Waals surface area contributed by atoms with Crippen molar-refractivity contribution in [1.29, 1.82) is 0 Å². The van der Waals surface area contributed by atoms with Gasteiger partial charge in [0, 0.05) is 24.5 Å². The first-order valence-corrected chi connectivity index (χ1v) is 12.6. The fourth-order valence-corrected chi connectivity index (χ4v) is 5.08. The summed E-state index contributed by atoms with van der Waals surface area (Å²) >= 11 is 0. The number of carbonyl (C=O) groups is 1. The molecule has 2 unspecified atom stereocenters. The second-order valence-electron chi connectivity index (χ2n) is 9.69. The molecule has 35 heavy (non-hydrogen) atoms. The molecule has 1 saturated heterocycles. The first kappa shape index (κ1) is 23.4. The lowest BCUT2D eigenvalue weighted by Gasteiger charge is -2.36. The number of amides is 1. The van der Waals surface area contributed by atoms with E-state index in [1.807, 2.05) is 62.1 Å². The zero-order chi connectivity index (χ0) is 24.5. The number of likely N-dealkylation sites (N-methyl/N-ethyl adjacent to an activating group) is 1. The SMILES string of the molecule is CCN(C(=O)[C@H]1CCN(C2OC2c2ccc(OC(C)C)cc2)c2ccccc21)c1ccc(C)cc1. The van der Waals surface area contributed by atoms with E-state index in [2.05, 4.69) is 48.2 Å². The van der Waals surface area contributed by atoms with Gasteiger partial charge in [0.2, 0.25) is 5.91 Å². The minimum absolute atomic E-state index is 0.0107. The standard InChI is InChI=1S/C30H34N2O3/c1-5-31(23-14-10-21(4)11-15-23)29(33)26-18-19-32(27-9-7-6-8-25(26)27)30-28(35-30)22-12-16-24(17-13-22)34-20(2)3/h6-17,20,26,28,30H,5,18-19H2,1-4H3/t26-,28?,30?/m0/s1.